The highest BCUT2D eigenvalue weighted by Gasteiger charge is 2.28. The molecule has 1 unspecified atom stereocenters. The topological polar surface area (TPSA) is 55.8 Å². The van der Waals surface area contributed by atoms with Crippen molar-refractivity contribution < 1.29 is 19.1 Å². The molecule has 1 fully saturated rings. The molecule has 22 heavy (non-hydrogen) atoms. The van der Waals surface area contributed by atoms with E-state index < -0.39 is 0 Å². The summed E-state index contributed by atoms with van der Waals surface area (Å²) in [6, 6.07) is 5.78. The second-order valence-corrected chi connectivity index (χ2v) is 6.13. The lowest BCUT2D eigenvalue weighted by molar-refractivity contribution is -0.153. The summed E-state index contributed by atoms with van der Waals surface area (Å²) >= 11 is 0. The molecule has 1 aromatic rings. The number of Topliss-reactive ketones (excluding diaryl/α,β-unsaturated/α-hetero) is 1. The molecule has 0 radical (unpaired) electrons. The number of nitrogens with zero attached hydrogens (tertiary/aromatic N) is 1. The summed E-state index contributed by atoms with van der Waals surface area (Å²) < 4.78 is 11.3. The molecule has 1 heterocycles. The summed E-state index contributed by atoms with van der Waals surface area (Å²) in [6.45, 7) is 5.07. The Bertz CT molecular complexity index is 596. The van der Waals surface area contributed by atoms with Gasteiger partial charge in [0.25, 0.3) is 0 Å². The molecule has 5 nitrogen and oxygen atoms in total. The van der Waals surface area contributed by atoms with Crippen molar-refractivity contribution >= 4 is 11.7 Å². The molecule has 1 aliphatic heterocycles. The second-order valence-electron chi connectivity index (χ2n) is 6.13. The summed E-state index contributed by atoms with van der Waals surface area (Å²) in [5.74, 6) is 0.996. The minimum atomic E-state index is -0.116. The summed E-state index contributed by atoms with van der Waals surface area (Å²) in [5.41, 5.74) is 1.88. The van der Waals surface area contributed by atoms with E-state index in [2.05, 4.69) is 0 Å². The lowest BCUT2D eigenvalue weighted by atomic mass is 10.1. The highest BCUT2D eigenvalue weighted by atomic mass is 16.5. The van der Waals surface area contributed by atoms with Gasteiger partial charge in [0.1, 0.15) is 25.1 Å². The van der Waals surface area contributed by atoms with Gasteiger partial charge in [0.15, 0.2) is 5.78 Å². The van der Waals surface area contributed by atoms with Crippen molar-refractivity contribution in [3.8, 4) is 5.75 Å². The third-order valence-corrected chi connectivity index (χ3v) is 4.22. The number of morpholine rings is 1. The molecule has 0 aromatic heterocycles. The third-order valence-electron chi connectivity index (χ3n) is 4.22. The van der Waals surface area contributed by atoms with Crippen LogP contribution in [0.1, 0.15) is 36.2 Å². The number of ether oxygens (including phenoxy) is 2. The summed E-state index contributed by atoms with van der Waals surface area (Å²) in [7, 11) is 0. The number of rotatable bonds is 4. The van der Waals surface area contributed by atoms with E-state index in [1.165, 1.54) is 0 Å². The second kappa shape index (κ2) is 6.08. The van der Waals surface area contributed by atoms with Gasteiger partial charge >= 0.3 is 0 Å². The zero-order chi connectivity index (χ0) is 15.7. The van der Waals surface area contributed by atoms with Crippen LogP contribution in [0.2, 0.25) is 0 Å². The van der Waals surface area contributed by atoms with Crippen molar-refractivity contribution in [2.75, 3.05) is 19.8 Å². The summed E-state index contributed by atoms with van der Waals surface area (Å²) in [4.78, 5) is 25.2. The van der Waals surface area contributed by atoms with Gasteiger partial charge in [-0.25, -0.2) is 0 Å². The fourth-order valence-corrected chi connectivity index (χ4v) is 2.96. The Balaban J connectivity index is 1.59. The zero-order valence-corrected chi connectivity index (χ0v) is 13.0. The van der Waals surface area contributed by atoms with Crippen LogP contribution in [0.15, 0.2) is 18.2 Å². The van der Waals surface area contributed by atoms with Crippen LogP contribution in [-0.4, -0.2) is 48.5 Å². The molecule has 1 saturated heterocycles. The maximum Gasteiger partial charge on any atom is 0.248 e. The molecule has 1 amide bonds. The quantitative estimate of drug-likeness (QED) is 0.851. The van der Waals surface area contributed by atoms with Crippen LogP contribution in [0.25, 0.3) is 0 Å². The van der Waals surface area contributed by atoms with E-state index in [0.717, 1.165) is 23.3 Å². The normalized spacial score (nSPS) is 21.4. The Hall–Kier alpha value is -1.88. The van der Waals surface area contributed by atoms with Crippen molar-refractivity contribution in [3.63, 3.8) is 0 Å². The standard InChI is InChI=1S/C17H21NO4/c1-11(2)18-8-14(22-10-17(18)20)9-21-13-4-5-15-12(7-13)3-6-16(15)19/h4-5,7,11,14H,3,6,8-10H2,1-2H3. The molecule has 0 bridgehead atoms. The van der Waals surface area contributed by atoms with E-state index in [4.69, 9.17) is 9.47 Å². The van der Waals surface area contributed by atoms with Gasteiger partial charge in [-0.15, -0.1) is 0 Å². The molecule has 118 valence electrons. The van der Waals surface area contributed by atoms with E-state index in [9.17, 15) is 9.59 Å². The fraction of sp³-hybridized carbons (Fsp3) is 0.529. The molecular weight excluding hydrogens is 282 g/mol. The molecule has 3 rings (SSSR count). The number of amides is 1. The van der Waals surface area contributed by atoms with Crippen LogP contribution in [0.5, 0.6) is 5.75 Å². The molecule has 0 spiro atoms. The third kappa shape index (κ3) is 2.99. The van der Waals surface area contributed by atoms with Crippen molar-refractivity contribution in [1.29, 1.82) is 0 Å². The van der Waals surface area contributed by atoms with Gasteiger partial charge in [0, 0.05) is 18.0 Å². The number of carbonyl (C=O) groups excluding carboxylic acids is 2. The highest BCUT2D eigenvalue weighted by molar-refractivity contribution is 6.00. The van der Waals surface area contributed by atoms with E-state index in [-0.39, 0.29) is 30.4 Å². The zero-order valence-electron chi connectivity index (χ0n) is 13.0. The maximum atomic E-state index is 11.7. The predicted octanol–water partition coefficient (Wildman–Crippen LogP) is 1.83. The predicted molar refractivity (Wildman–Crippen MR) is 81.2 cm³/mol. The van der Waals surface area contributed by atoms with E-state index in [0.29, 0.717) is 19.6 Å². The van der Waals surface area contributed by atoms with Gasteiger partial charge in [0.05, 0.1) is 6.54 Å². The maximum absolute atomic E-state index is 11.7. The van der Waals surface area contributed by atoms with Gasteiger partial charge in [-0.05, 0) is 44.0 Å². The van der Waals surface area contributed by atoms with Crippen molar-refractivity contribution in [2.45, 2.75) is 38.8 Å². The first-order chi connectivity index (χ1) is 10.5. The fourth-order valence-electron chi connectivity index (χ4n) is 2.96. The smallest absolute Gasteiger partial charge is 0.248 e. The Labute approximate surface area is 130 Å². The Morgan fingerprint density at radius 2 is 2.14 bits per heavy atom. The lowest BCUT2D eigenvalue weighted by Crippen LogP contribution is -2.51. The van der Waals surface area contributed by atoms with Crippen LogP contribution in [0, 0.1) is 0 Å². The average Bonchev–Trinajstić information content (AvgIpc) is 2.87. The highest BCUT2D eigenvalue weighted by Crippen LogP contribution is 2.26. The number of hydrogen-bond acceptors (Lipinski definition) is 4. The number of ketones is 1. The van der Waals surface area contributed by atoms with Gasteiger partial charge < -0.3 is 14.4 Å². The SMILES string of the molecule is CC(C)N1CC(COc2ccc3c(c2)CCC3=O)OCC1=O. The molecular formula is C17H21NO4. The van der Waals surface area contributed by atoms with Crippen molar-refractivity contribution in [3.05, 3.63) is 29.3 Å². The minimum absolute atomic E-state index is 0.0299. The van der Waals surface area contributed by atoms with Crippen LogP contribution in [-0.2, 0) is 16.0 Å². The molecule has 0 N–H and O–H groups in total. The van der Waals surface area contributed by atoms with Crippen LogP contribution >= 0.6 is 0 Å². The molecule has 5 heteroatoms. The first kappa shape index (κ1) is 15.0. The monoisotopic (exact) mass is 303 g/mol. The number of fused-ring (bicyclic) bond motifs is 1. The number of hydrogen-bond donors (Lipinski definition) is 0. The minimum Gasteiger partial charge on any atom is -0.491 e. The largest absolute Gasteiger partial charge is 0.491 e. The van der Waals surface area contributed by atoms with Gasteiger partial charge in [-0.2, -0.15) is 0 Å². The van der Waals surface area contributed by atoms with Gasteiger partial charge in [-0.3, -0.25) is 9.59 Å². The molecule has 1 atom stereocenters. The molecule has 0 saturated carbocycles. The molecule has 2 aliphatic rings. The molecule has 1 aliphatic carbocycles. The van der Waals surface area contributed by atoms with Crippen LogP contribution in [0.3, 0.4) is 0 Å². The van der Waals surface area contributed by atoms with Gasteiger partial charge in [0.2, 0.25) is 5.91 Å². The summed E-state index contributed by atoms with van der Waals surface area (Å²) in [5, 5.41) is 0. The lowest BCUT2D eigenvalue weighted by Gasteiger charge is -2.35. The van der Waals surface area contributed by atoms with Gasteiger partial charge in [-0.1, -0.05) is 0 Å². The Kier molecular flexibility index (Phi) is 4.16. The van der Waals surface area contributed by atoms with E-state index in [1.807, 2.05) is 36.9 Å². The summed E-state index contributed by atoms with van der Waals surface area (Å²) in [6.07, 6.45) is 1.27. The van der Waals surface area contributed by atoms with Crippen LogP contribution in [0.4, 0.5) is 0 Å². The number of carbonyl (C=O) groups is 2. The Morgan fingerprint density at radius 3 is 2.91 bits per heavy atom. The first-order valence-corrected chi connectivity index (χ1v) is 7.74. The number of aryl methyl sites for hydroxylation is 1. The molecule has 1 aromatic carbocycles. The van der Waals surface area contributed by atoms with E-state index >= 15 is 0 Å². The Morgan fingerprint density at radius 1 is 1.32 bits per heavy atom. The average molecular weight is 303 g/mol. The van der Waals surface area contributed by atoms with E-state index in [1.54, 1.807) is 0 Å². The number of benzene rings is 1. The van der Waals surface area contributed by atoms with Crippen molar-refractivity contribution in [2.24, 2.45) is 0 Å². The van der Waals surface area contributed by atoms with Crippen molar-refractivity contribution in [1.82, 2.24) is 4.90 Å². The first-order valence-electron chi connectivity index (χ1n) is 7.74. The van der Waals surface area contributed by atoms with Crippen LogP contribution < -0.4 is 4.74 Å².